The molecule has 1 aliphatic rings. The van der Waals surface area contributed by atoms with Crippen molar-refractivity contribution in [2.45, 2.75) is 59.0 Å². The molecule has 1 heterocycles. The van der Waals surface area contributed by atoms with E-state index in [1.807, 2.05) is 13.8 Å². The highest BCUT2D eigenvalue weighted by molar-refractivity contribution is 5.80. The summed E-state index contributed by atoms with van der Waals surface area (Å²) < 4.78 is 0. The largest absolute Gasteiger partial charge is 0.299 e. The molecule has 0 bridgehead atoms. The molecule has 82 valence electrons. The Kier molecular flexibility index (Phi) is 4.11. The molecule has 1 saturated heterocycles. The number of hydrogen-bond acceptors (Lipinski definition) is 2. The lowest BCUT2D eigenvalue weighted by atomic mass is 10.00. The normalized spacial score (nSPS) is 23.7. The smallest absolute Gasteiger partial charge is 0.136 e. The lowest BCUT2D eigenvalue weighted by Gasteiger charge is -2.28. The molecular formula is C12H23NO. The monoisotopic (exact) mass is 197 g/mol. The van der Waals surface area contributed by atoms with E-state index in [1.165, 1.54) is 19.4 Å². The molecule has 0 aliphatic carbocycles. The van der Waals surface area contributed by atoms with Gasteiger partial charge in [0.15, 0.2) is 0 Å². The molecule has 1 aliphatic heterocycles. The van der Waals surface area contributed by atoms with Gasteiger partial charge in [0.1, 0.15) is 5.78 Å². The second-order valence-electron chi connectivity index (χ2n) is 4.95. The highest BCUT2D eigenvalue weighted by Crippen LogP contribution is 2.23. The fraction of sp³-hybridized carbons (Fsp3) is 0.917. The molecule has 1 fully saturated rings. The van der Waals surface area contributed by atoms with E-state index in [4.69, 9.17) is 0 Å². The lowest BCUT2D eigenvalue weighted by Crippen LogP contribution is -2.37. The Hall–Kier alpha value is -0.370. The Labute approximate surface area is 87.7 Å². The van der Waals surface area contributed by atoms with Crippen molar-refractivity contribution in [2.75, 3.05) is 6.54 Å². The van der Waals surface area contributed by atoms with E-state index in [0.717, 1.165) is 6.42 Å². The van der Waals surface area contributed by atoms with Crippen LogP contribution < -0.4 is 0 Å². The van der Waals surface area contributed by atoms with Gasteiger partial charge in [0.25, 0.3) is 0 Å². The molecule has 0 aromatic carbocycles. The molecule has 14 heavy (non-hydrogen) atoms. The van der Waals surface area contributed by atoms with E-state index in [-0.39, 0.29) is 5.92 Å². The average Bonchev–Trinajstić information content (AvgIpc) is 2.52. The van der Waals surface area contributed by atoms with E-state index >= 15 is 0 Å². The predicted molar refractivity (Wildman–Crippen MR) is 59.3 cm³/mol. The quantitative estimate of drug-likeness (QED) is 0.690. The van der Waals surface area contributed by atoms with Gasteiger partial charge in [-0.15, -0.1) is 0 Å². The second-order valence-corrected chi connectivity index (χ2v) is 4.95. The summed E-state index contributed by atoms with van der Waals surface area (Å²) >= 11 is 0. The van der Waals surface area contributed by atoms with Crippen LogP contribution in [0.3, 0.4) is 0 Å². The molecule has 2 heteroatoms. The highest BCUT2D eigenvalue weighted by atomic mass is 16.1. The van der Waals surface area contributed by atoms with Crippen LogP contribution in [-0.4, -0.2) is 29.3 Å². The molecule has 1 rings (SSSR count). The maximum Gasteiger partial charge on any atom is 0.136 e. The van der Waals surface area contributed by atoms with Crippen molar-refractivity contribution in [2.24, 2.45) is 5.92 Å². The summed E-state index contributed by atoms with van der Waals surface area (Å²) in [7, 11) is 0. The number of carbonyl (C=O) groups excluding carboxylic acids is 1. The average molecular weight is 197 g/mol. The first-order chi connectivity index (χ1) is 6.52. The molecule has 0 aromatic rings. The zero-order valence-electron chi connectivity index (χ0n) is 9.92. The van der Waals surface area contributed by atoms with Gasteiger partial charge in [-0.25, -0.2) is 0 Å². The molecule has 2 nitrogen and oxygen atoms in total. The van der Waals surface area contributed by atoms with Gasteiger partial charge in [-0.3, -0.25) is 9.69 Å². The minimum absolute atomic E-state index is 0.199. The van der Waals surface area contributed by atoms with Gasteiger partial charge >= 0.3 is 0 Å². The molecule has 0 aromatic heterocycles. The summed E-state index contributed by atoms with van der Waals surface area (Å²) in [6.45, 7) is 9.61. The van der Waals surface area contributed by atoms with E-state index in [9.17, 15) is 4.79 Å². The fourth-order valence-corrected chi connectivity index (χ4v) is 2.22. The summed E-state index contributed by atoms with van der Waals surface area (Å²) in [4.78, 5) is 14.1. The predicted octanol–water partition coefficient (Wildman–Crippen LogP) is 2.47. The van der Waals surface area contributed by atoms with Crippen LogP contribution in [0.2, 0.25) is 0 Å². The van der Waals surface area contributed by atoms with Crippen molar-refractivity contribution in [3.63, 3.8) is 0 Å². The van der Waals surface area contributed by atoms with Crippen LogP contribution in [0.15, 0.2) is 0 Å². The first-order valence-electron chi connectivity index (χ1n) is 5.80. The Morgan fingerprint density at radius 2 is 2.00 bits per heavy atom. The van der Waals surface area contributed by atoms with Crippen molar-refractivity contribution < 1.29 is 4.79 Å². The molecule has 0 radical (unpaired) electrons. The van der Waals surface area contributed by atoms with Crippen LogP contribution in [0.4, 0.5) is 0 Å². The Balaban J connectivity index is 2.47. The van der Waals surface area contributed by atoms with Crippen LogP contribution in [0.25, 0.3) is 0 Å². The summed E-state index contributed by atoms with van der Waals surface area (Å²) in [6.07, 6.45) is 3.22. The highest BCUT2D eigenvalue weighted by Gasteiger charge is 2.28. The lowest BCUT2D eigenvalue weighted by molar-refractivity contribution is -0.123. The number of nitrogens with zero attached hydrogens (tertiary/aromatic N) is 1. The molecular weight excluding hydrogens is 174 g/mol. The maximum absolute atomic E-state index is 11.6. The summed E-state index contributed by atoms with van der Waals surface area (Å²) in [5, 5.41) is 0. The number of rotatable bonds is 4. The van der Waals surface area contributed by atoms with E-state index < -0.39 is 0 Å². The van der Waals surface area contributed by atoms with Gasteiger partial charge in [-0.1, -0.05) is 13.8 Å². The molecule has 1 unspecified atom stereocenters. The van der Waals surface area contributed by atoms with E-state index in [2.05, 4.69) is 18.7 Å². The van der Waals surface area contributed by atoms with Gasteiger partial charge in [-0.05, 0) is 33.2 Å². The number of ketones is 1. The topological polar surface area (TPSA) is 20.3 Å². The van der Waals surface area contributed by atoms with Gasteiger partial charge < -0.3 is 0 Å². The SMILES string of the molecule is CC(C)C(=O)CC1CCCN1C(C)C. The van der Waals surface area contributed by atoms with E-state index in [1.54, 1.807) is 0 Å². The third-order valence-electron chi connectivity index (χ3n) is 3.17. The van der Waals surface area contributed by atoms with Crippen molar-refractivity contribution in [3.05, 3.63) is 0 Å². The summed E-state index contributed by atoms with van der Waals surface area (Å²) in [5.74, 6) is 0.618. The first kappa shape index (κ1) is 11.7. The van der Waals surface area contributed by atoms with Gasteiger partial charge in [-0.2, -0.15) is 0 Å². The molecule has 0 spiro atoms. The van der Waals surface area contributed by atoms with Crippen molar-refractivity contribution in [1.82, 2.24) is 4.90 Å². The van der Waals surface area contributed by atoms with Gasteiger partial charge in [0.2, 0.25) is 0 Å². The van der Waals surface area contributed by atoms with E-state index in [0.29, 0.717) is 17.9 Å². The fourth-order valence-electron chi connectivity index (χ4n) is 2.22. The number of Topliss-reactive ketones (excluding diaryl/α,β-unsaturated/α-hetero) is 1. The Bertz CT molecular complexity index is 198. The third kappa shape index (κ3) is 2.81. The van der Waals surface area contributed by atoms with Crippen molar-refractivity contribution in [1.29, 1.82) is 0 Å². The third-order valence-corrected chi connectivity index (χ3v) is 3.17. The standard InChI is InChI=1S/C12H23NO/c1-9(2)12(14)8-11-6-5-7-13(11)10(3)4/h9-11H,5-8H2,1-4H3. The molecule has 1 atom stereocenters. The van der Waals surface area contributed by atoms with Crippen LogP contribution >= 0.6 is 0 Å². The van der Waals surface area contributed by atoms with Crippen LogP contribution in [0.1, 0.15) is 47.0 Å². The zero-order valence-corrected chi connectivity index (χ0v) is 9.92. The number of carbonyl (C=O) groups is 1. The maximum atomic E-state index is 11.6. The Morgan fingerprint density at radius 1 is 1.36 bits per heavy atom. The van der Waals surface area contributed by atoms with Gasteiger partial charge in [0.05, 0.1) is 0 Å². The second kappa shape index (κ2) is 4.92. The minimum Gasteiger partial charge on any atom is -0.299 e. The summed E-state index contributed by atoms with van der Waals surface area (Å²) in [6, 6.07) is 1.10. The molecule has 0 N–H and O–H groups in total. The molecule has 0 saturated carbocycles. The zero-order chi connectivity index (χ0) is 10.7. The molecule has 0 amide bonds. The van der Waals surface area contributed by atoms with Crippen LogP contribution in [0.5, 0.6) is 0 Å². The summed E-state index contributed by atoms with van der Waals surface area (Å²) in [5.41, 5.74) is 0. The van der Waals surface area contributed by atoms with Crippen LogP contribution in [0, 0.1) is 5.92 Å². The van der Waals surface area contributed by atoms with Crippen molar-refractivity contribution >= 4 is 5.78 Å². The van der Waals surface area contributed by atoms with Crippen LogP contribution in [-0.2, 0) is 4.79 Å². The van der Waals surface area contributed by atoms with Crippen molar-refractivity contribution in [3.8, 4) is 0 Å². The number of likely N-dealkylation sites (tertiary alicyclic amines) is 1. The first-order valence-corrected chi connectivity index (χ1v) is 5.80. The number of hydrogen-bond donors (Lipinski definition) is 0. The minimum atomic E-state index is 0.199. The van der Waals surface area contributed by atoms with Gasteiger partial charge in [0, 0.05) is 24.4 Å². The Morgan fingerprint density at radius 3 is 2.50 bits per heavy atom.